The van der Waals surface area contributed by atoms with Gasteiger partial charge >= 0.3 is 0 Å². The maximum absolute atomic E-state index is 6.69. The zero-order valence-electron chi connectivity index (χ0n) is 29.4. The zero-order valence-corrected chi connectivity index (χ0v) is 29.4. The van der Waals surface area contributed by atoms with Crippen LogP contribution in [0.1, 0.15) is 94.7 Å². The molecule has 6 nitrogen and oxygen atoms in total. The first-order valence-electron chi connectivity index (χ1n) is 17.3. The molecule has 0 bridgehead atoms. The van der Waals surface area contributed by atoms with Crippen LogP contribution in [0.15, 0.2) is 90.6 Å². The Morgan fingerprint density at radius 3 is 2.35 bits per heavy atom. The third-order valence-electron chi connectivity index (χ3n) is 9.88. The lowest BCUT2D eigenvalue weighted by molar-refractivity contribution is 0.414. The van der Waals surface area contributed by atoms with Gasteiger partial charge in [-0.1, -0.05) is 64.5 Å². The third-order valence-corrected chi connectivity index (χ3v) is 9.88. The largest absolute Gasteiger partial charge is 0.497 e. The fourth-order valence-electron chi connectivity index (χ4n) is 7.74. The van der Waals surface area contributed by atoms with E-state index in [1.165, 1.54) is 28.9 Å². The number of allylic oxidation sites excluding steroid dienone is 2. The van der Waals surface area contributed by atoms with E-state index in [1.807, 2.05) is 12.1 Å². The summed E-state index contributed by atoms with van der Waals surface area (Å²) in [6.07, 6.45) is 6.59. The molecule has 0 saturated heterocycles. The van der Waals surface area contributed by atoms with Crippen molar-refractivity contribution in [1.29, 1.82) is 0 Å². The van der Waals surface area contributed by atoms with E-state index in [0.29, 0.717) is 23.7 Å². The molecule has 7 rings (SSSR count). The van der Waals surface area contributed by atoms with Crippen LogP contribution >= 0.6 is 0 Å². The van der Waals surface area contributed by atoms with Crippen molar-refractivity contribution in [2.45, 2.75) is 79.1 Å². The fraction of sp³-hybridized carbons (Fsp3) is 0.333. The molecule has 0 fully saturated rings. The molecule has 0 N–H and O–H groups in total. The second-order valence-electron chi connectivity index (χ2n) is 14.1. The highest BCUT2D eigenvalue weighted by Gasteiger charge is 2.33. The van der Waals surface area contributed by atoms with Crippen LogP contribution in [-0.2, 0) is 0 Å². The maximum atomic E-state index is 6.69. The van der Waals surface area contributed by atoms with E-state index in [0.717, 1.165) is 62.5 Å². The average Bonchev–Trinajstić information content (AvgIpc) is 3.61. The number of aromatic nitrogens is 4. The summed E-state index contributed by atoms with van der Waals surface area (Å²) in [5.74, 6) is 4.70. The van der Waals surface area contributed by atoms with Crippen molar-refractivity contribution in [3.05, 3.63) is 113 Å². The first-order chi connectivity index (χ1) is 23.1. The number of aryl methyl sites for hydroxylation is 1. The second kappa shape index (κ2) is 12.6. The van der Waals surface area contributed by atoms with Gasteiger partial charge in [-0.3, -0.25) is 4.57 Å². The van der Waals surface area contributed by atoms with E-state index in [2.05, 4.69) is 124 Å². The highest BCUT2D eigenvalue weighted by molar-refractivity contribution is 6.09. The van der Waals surface area contributed by atoms with Gasteiger partial charge in [-0.15, -0.1) is 0 Å². The molecule has 1 aliphatic carbocycles. The fourth-order valence-corrected chi connectivity index (χ4v) is 7.74. The van der Waals surface area contributed by atoms with Crippen LogP contribution in [0.3, 0.4) is 0 Å². The van der Waals surface area contributed by atoms with Gasteiger partial charge in [0.05, 0.1) is 35.2 Å². The van der Waals surface area contributed by atoms with Gasteiger partial charge in [0.2, 0.25) is 0 Å². The minimum absolute atomic E-state index is 0.307. The lowest BCUT2D eigenvalue weighted by Gasteiger charge is -2.31. The van der Waals surface area contributed by atoms with Crippen molar-refractivity contribution < 1.29 is 9.47 Å². The minimum Gasteiger partial charge on any atom is -0.497 e. The van der Waals surface area contributed by atoms with Crippen LogP contribution < -0.4 is 9.47 Å². The maximum Gasteiger partial charge on any atom is 0.141 e. The lowest BCUT2D eigenvalue weighted by atomic mass is 9.73. The summed E-state index contributed by atoms with van der Waals surface area (Å²) in [6, 6.07) is 25.0. The molecule has 0 saturated carbocycles. The minimum atomic E-state index is 0.307. The summed E-state index contributed by atoms with van der Waals surface area (Å²) >= 11 is 0. The molecule has 1 aliphatic rings. The Kier molecular flexibility index (Phi) is 8.36. The molecule has 2 atom stereocenters. The van der Waals surface area contributed by atoms with Gasteiger partial charge in [-0.2, -0.15) is 5.10 Å². The molecule has 0 unspecified atom stereocenters. The summed E-state index contributed by atoms with van der Waals surface area (Å²) in [7, 11) is 1.68. The molecular weight excluding hydrogens is 592 g/mol. The van der Waals surface area contributed by atoms with Gasteiger partial charge in [0.25, 0.3) is 0 Å². The zero-order chi connectivity index (χ0) is 33.7. The predicted octanol–water partition coefficient (Wildman–Crippen LogP) is 11.2. The van der Waals surface area contributed by atoms with E-state index in [-0.39, 0.29) is 0 Å². The summed E-state index contributed by atoms with van der Waals surface area (Å²) in [5, 5.41) is 7.67. The SMILES string of the molecule is COc1ccnc(-n2c3ccccc3c3ccc(Oc4cc(C)cc(-n5nc(C(C)C)c([C@@H]6C(C)=CCC[C@@H]6C)c5C(C)C)c4)cc32)c1. The molecule has 3 heterocycles. The molecule has 6 heteroatoms. The number of hydrogen-bond donors (Lipinski definition) is 0. The van der Waals surface area contributed by atoms with Gasteiger partial charge < -0.3 is 9.47 Å². The molecule has 246 valence electrons. The molecule has 0 amide bonds. The van der Waals surface area contributed by atoms with E-state index < -0.39 is 0 Å². The number of para-hydroxylation sites is 1. The predicted molar refractivity (Wildman–Crippen MR) is 197 cm³/mol. The van der Waals surface area contributed by atoms with Gasteiger partial charge in [-0.05, 0) is 86.4 Å². The number of nitrogens with zero attached hydrogens (tertiary/aromatic N) is 4. The molecule has 0 aliphatic heterocycles. The van der Waals surface area contributed by atoms with Crippen molar-refractivity contribution in [3.8, 4) is 28.8 Å². The van der Waals surface area contributed by atoms with Crippen LogP contribution in [0.5, 0.6) is 17.2 Å². The van der Waals surface area contributed by atoms with Crippen LogP contribution in [0.4, 0.5) is 0 Å². The Balaban J connectivity index is 1.34. The molecule has 6 aromatic rings. The quantitative estimate of drug-likeness (QED) is 0.156. The first-order valence-corrected chi connectivity index (χ1v) is 17.3. The standard InChI is InChI=1S/C42H46N4O2/c1-25(2)41-40(39-28(6)12-11-13-29(39)7)42(26(3)4)46(44-41)30-20-27(5)21-33(22-30)48-32-16-17-35-34-14-9-10-15-36(34)45(37(35)23-32)38-24-31(47-8)18-19-43-38/h9-10,12,14-26,29,39H,11,13H2,1-8H3/t29-,39+/m0/s1. The Morgan fingerprint density at radius 1 is 0.812 bits per heavy atom. The number of pyridine rings is 1. The number of fused-ring (bicyclic) bond motifs is 3. The molecule has 0 spiro atoms. The Labute approximate surface area is 284 Å². The Morgan fingerprint density at radius 2 is 1.60 bits per heavy atom. The number of benzene rings is 3. The van der Waals surface area contributed by atoms with E-state index in [1.54, 1.807) is 13.3 Å². The van der Waals surface area contributed by atoms with E-state index in [9.17, 15) is 0 Å². The van der Waals surface area contributed by atoms with Crippen LogP contribution in [0, 0.1) is 12.8 Å². The number of rotatable bonds is 8. The monoisotopic (exact) mass is 638 g/mol. The van der Waals surface area contributed by atoms with Gasteiger partial charge in [0.15, 0.2) is 0 Å². The average molecular weight is 639 g/mol. The molecule has 3 aromatic heterocycles. The smallest absolute Gasteiger partial charge is 0.141 e. The normalized spacial score (nSPS) is 16.7. The number of ether oxygens (including phenoxy) is 2. The van der Waals surface area contributed by atoms with Gasteiger partial charge in [-0.25, -0.2) is 9.67 Å². The second-order valence-corrected chi connectivity index (χ2v) is 14.1. The van der Waals surface area contributed by atoms with Crippen LogP contribution in [0.2, 0.25) is 0 Å². The topological polar surface area (TPSA) is 54.1 Å². The van der Waals surface area contributed by atoms with E-state index in [4.69, 9.17) is 19.6 Å². The van der Waals surface area contributed by atoms with Crippen molar-refractivity contribution >= 4 is 21.8 Å². The van der Waals surface area contributed by atoms with Crippen LogP contribution in [-0.4, -0.2) is 26.4 Å². The first kappa shape index (κ1) is 31.7. The molecule has 48 heavy (non-hydrogen) atoms. The van der Waals surface area contributed by atoms with Crippen molar-refractivity contribution in [3.63, 3.8) is 0 Å². The Hall–Kier alpha value is -4.84. The molecule has 0 radical (unpaired) electrons. The van der Waals surface area contributed by atoms with Crippen molar-refractivity contribution in [2.75, 3.05) is 7.11 Å². The highest BCUT2D eigenvalue weighted by atomic mass is 16.5. The Bertz CT molecular complexity index is 2170. The van der Waals surface area contributed by atoms with Crippen molar-refractivity contribution in [2.24, 2.45) is 5.92 Å². The lowest BCUT2D eigenvalue weighted by Crippen LogP contribution is -2.18. The molecule has 3 aromatic carbocycles. The number of methoxy groups -OCH3 is 1. The third kappa shape index (κ3) is 5.57. The van der Waals surface area contributed by atoms with Gasteiger partial charge in [0, 0.05) is 46.6 Å². The molecular formula is C42H46N4O2. The highest BCUT2D eigenvalue weighted by Crippen LogP contribution is 2.45. The summed E-state index contributed by atoms with van der Waals surface area (Å²) in [4.78, 5) is 4.72. The van der Waals surface area contributed by atoms with Crippen LogP contribution in [0.25, 0.3) is 33.3 Å². The van der Waals surface area contributed by atoms with E-state index >= 15 is 0 Å². The summed E-state index contributed by atoms with van der Waals surface area (Å²) < 4.78 is 16.6. The van der Waals surface area contributed by atoms with Gasteiger partial charge in [0.1, 0.15) is 23.1 Å². The summed E-state index contributed by atoms with van der Waals surface area (Å²) in [5.41, 5.74) is 9.67. The summed E-state index contributed by atoms with van der Waals surface area (Å²) in [6.45, 7) is 16.0. The van der Waals surface area contributed by atoms with Crippen molar-refractivity contribution in [1.82, 2.24) is 19.3 Å². The number of hydrogen-bond acceptors (Lipinski definition) is 4.